The maximum absolute atomic E-state index is 11.1. The smallest absolute Gasteiger partial charge is 0.363 e. The van der Waals surface area contributed by atoms with E-state index in [1.165, 1.54) is 7.11 Å². The van der Waals surface area contributed by atoms with Crippen molar-refractivity contribution in [3.63, 3.8) is 0 Å². The predicted octanol–water partition coefficient (Wildman–Crippen LogP) is 0.723. The van der Waals surface area contributed by atoms with Crippen molar-refractivity contribution in [1.29, 1.82) is 0 Å². The molecule has 0 N–H and O–H groups in total. The van der Waals surface area contributed by atoms with E-state index in [2.05, 4.69) is 8.75 Å². The van der Waals surface area contributed by atoms with Crippen LogP contribution in [0.25, 0.3) is 0 Å². The van der Waals surface area contributed by atoms with Gasteiger partial charge in [0.2, 0.25) is 5.69 Å². The minimum Gasteiger partial charge on any atom is -0.479 e. The molecule has 6 heteroatoms. The lowest BCUT2D eigenvalue weighted by Crippen LogP contribution is -2.06. The standard InChI is InChI=1S/C6H8N2O3S/c1-3-11-6(9)4-5(10-2)8-12-7-4/h3H2,1-2H3. The van der Waals surface area contributed by atoms with Gasteiger partial charge in [-0.1, -0.05) is 0 Å². The summed E-state index contributed by atoms with van der Waals surface area (Å²) in [5.41, 5.74) is 0.143. The van der Waals surface area contributed by atoms with E-state index in [1.807, 2.05) is 0 Å². The van der Waals surface area contributed by atoms with E-state index in [9.17, 15) is 4.79 Å². The molecule has 1 heterocycles. The number of methoxy groups -OCH3 is 1. The van der Waals surface area contributed by atoms with Gasteiger partial charge in [0.15, 0.2) is 0 Å². The van der Waals surface area contributed by atoms with Gasteiger partial charge in [-0.3, -0.25) is 0 Å². The van der Waals surface area contributed by atoms with Crippen LogP contribution < -0.4 is 4.74 Å². The zero-order chi connectivity index (χ0) is 8.97. The van der Waals surface area contributed by atoms with Gasteiger partial charge in [0.25, 0.3) is 5.88 Å². The van der Waals surface area contributed by atoms with Gasteiger partial charge in [0.05, 0.1) is 25.4 Å². The number of ether oxygens (including phenoxy) is 2. The van der Waals surface area contributed by atoms with E-state index >= 15 is 0 Å². The Morgan fingerprint density at radius 1 is 1.58 bits per heavy atom. The Morgan fingerprint density at radius 2 is 2.33 bits per heavy atom. The molecule has 66 valence electrons. The van der Waals surface area contributed by atoms with Crippen molar-refractivity contribution in [2.45, 2.75) is 6.92 Å². The summed E-state index contributed by atoms with van der Waals surface area (Å²) in [4.78, 5) is 11.1. The number of nitrogens with zero attached hydrogens (tertiary/aromatic N) is 2. The molecule has 0 aliphatic carbocycles. The second-order valence-corrected chi connectivity index (χ2v) is 2.37. The zero-order valence-electron chi connectivity index (χ0n) is 6.73. The maximum Gasteiger partial charge on any atom is 0.363 e. The highest BCUT2D eigenvalue weighted by molar-refractivity contribution is 6.99. The Morgan fingerprint density at radius 3 is 2.92 bits per heavy atom. The number of carbonyl (C=O) groups is 1. The van der Waals surface area contributed by atoms with Crippen LogP contribution in [0.2, 0.25) is 0 Å². The molecule has 12 heavy (non-hydrogen) atoms. The van der Waals surface area contributed by atoms with Crippen molar-refractivity contribution >= 4 is 17.7 Å². The average Bonchev–Trinajstić information content (AvgIpc) is 2.51. The van der Waals surface area contributed by atoms with Crippen molar-refractivity contribution < 1.29 is 14.3 Å². The van der Waals surface area contributed by atoms with Crippen LogP contribution in [0.4, 0.5) is 0 Å². The van der Waals surface area contributed by atoms with Crippen LogP contribution >= 0.6 is 11.7 Å². The number of hydrogen-bond acceptors (Lipinski definition) is 6. The van der Waals surface area contributed by atoms with Crippen LogP contribution in [-0.2, 0) is 4.74 Å². The molecular weight excluding hydrogens is 180 g/mol. The molecule has 0 aliphatic heterocycles. The number of aromatic nitrogens is 2. The van der Waals surface area contributed by atoms with Gasteiger partial charge in [-0.15, -0.1) is 4.37 Å². The number of rotatable bonds is 3. The summed E-state index contributed by atoms with van der Waals surface area (Å²) in [7, 11) is 1.43. The van der Waals surface area contributed by atoms with Gasteiger partial charge in [-0.2, -0.15) is 4.37 Å². The van der Waals surface area contributed by atoms with E-state index in [0.29, 0.717) is 6.61 Å². The van der Waals surface area contributed by atoms with E-state index in [-0.39, 0.29) is 11.6 Å². The Labute approximate surface area is 73.6 Å². The fraction of sp³-hybridized carbons (Fsp3) is 0.500. The third-order valence-electron chi connectivity index (χ3n) is 1.12. The highest BCUT2D eigenvalue weighted by Gasteiger charge is 2.17. The highest BCUT2D eigenvalue weighted by atomic mass is 32.1. The van der Waals surface area contributed by atoms with Crippen molar-refractivity contribution in [2.24, 2.45) is 0 Å². The fourth-order valence-electron chi connectivity index (χ4n) is 0.639. The number of hydrogen-bond donors (Lipinski definition) is 0. The van der Waals surface area contributed by atoms with E-state index in [1.54, 1.807) is 6.92 Å². The Bertz CT molecular complexity index is 274. The normalized spacial score (nSPS) is 9.50. The second kappa shape index (κ2) is 4.01. The molecule has 0 radical (unpaired) electrons. The average molecular weight is 188 g/mol. The predicted molar refractivity (Wildman–Crippen MR) is 42.4 cm³/mol. The summed E-state index contributed by atoms with van der Waals surface area (Å²) in [6, 6.07) is 0. The Kier molecular flexibility index (Phi) is 2.98. The van der Waals surface area contributed by atoms with Crippen molar-refractivity contribution in [2.75, 3.05) is 13.7 Å². The maximum atomic E-state index is 11.1. The first-order chi connectivity index (χ1) is 5.79. The zero-order valence-corrected chi connectivity index (χ0v) is 7.55. The molecule has 0 aromatic carbocycles. The highest BCUT2D eigenvalue weighted by Crippen LogP contribution is 2.14. The molecule has 0 saturated carbocycles. The van der Waals surface area contributed by atoms with Gasteiger partial charge < -0.3 is 9.47 Å². The minimum absolute atomic E-state index is 0.143. The van der Waals surface area contributed by atoms with Crippen LogP contribution in [0.5, 0.6) is 5.88 Å². The van der Waals surface area contributed by atoms with Crippen molar-refractivity contribution in [3.8, 4) is 5.88 Å². The molecule has 5 nitrogen and oxygen atoms in total. The summed E-state index contributed by atoms with van der Waals surface area (Å²) in [5, 5.41) is 0. The third kappa shape index (κ3) is 1.70. The van der Waals surface area contributed by atoms with Crippen LogP contribution in [-0.4, -0.2) is 28.4 Å². The van der Waals surface area contributed by atoms with Gasteiger partial charge >= 0.3 is 5.97 Å². The SMILES string of the molecule is CCOC(=O)c1nsnc1OC. The van der Waals surface area contributed by atoms with Crippen LogP contribution in [0.3, 0.4) is 0 Å². The lowest BCUT2D eigenvalue weighted by atomic mass is 10.5. The largest absolute Gasteiger partial charge is 0.479 e. The summed E-state index contributed by atoms with van der Waals surface area (Å²) < 4.78 is 17.0. The molecule has 0 fully saturated rings. The number of esters is 1. The van der Waals surface area contributed by atoms with Gasteiger partial charge in [-0.05, 0) is 6.92 Å². The summed E-state index contributed by atoms with van der Waals surface area (Å²) in [6.45, 7) is 2.05. The molecule has 0 atom stereocenters. The van der Waals surface area contributed by atoms with Crippen LogP contribution in [0, 0.1) is 0 Å². The molecule has 0 amide bonds. The van der Waals surface area contributed by atoms with Gasteiger partial charge in [0, 0.05) is 0 Å². The monoisotopic (exact) mass is 188 g/mol. The summed E-state index contributed by atoms with van der Waals surface area (Å²) >= 11 is 0.919. The molecule has 1 rings (SSSR count). The van der Waals surface area contributed by atoms with Crippen LogP contribution in [0.15, 0.2) is 0 Å². The summed E-state index contributed by atoms with van der Waals surface area (Å²) in [5.74, 6) is -0.276. The topological polar surface area (TPSA) is 61.3 Å². The first kappa shape index (κ1) is 8.92. The molecule has 0 bridgehead atoms. The van der Waals surface area contributed by atoms with Crippen molar-refractivity contribution in [1.82, 2.24) is 8.75 Å². The molecule has 0 aliphatic rings. The lowest BCUT2D eigenvalue weighted by molar-refractivity contribution is 0.0516. The molecular formula is C6H8N2O3S. The van der Waals surface area contributed by atoms with Gasteiger partial charge in [0.1, 0.15) is 0 Å². The Balaban J connectivity index is 2.79. The molecule has 0 spiro atoms. The molecule has 1 aromatic heterocycles. The first-order valence-corrected chi connectivity index (χ1v) is 4.06. The van der Waals surface area contributed by atoms with Crippen molar-refractivity contribution in [3.05, 3.63) is 5.69 Å². The first-order valence-electron chi connectivity index (χ1n) is 3.33. The van der Waals surface area contributed by atoms with E-state index in [4.69, 9.17) is 9.47 Å². The molecule has 1 aromatic rings. The van der Waals surface area contributed by atoms with E-state index in [0.717, 1.165) is 11.7 Å². The lowest BCUT2D eigenvalue weighted by Gasteiger charge is -1.98. The number of carbonyl (C=O) groups excluding carboxylic acids is 1. The quantitative estimate of drug-likeness (QED) is 0.654. The molecule has 0 unspecified atom stereocenters. The second-order valence-electron chi connectivity index (χ2n) is 1.84. The van der Waals surface area contributed by atoms with Crippen LogP contribution in [0.1, 0.15) is 17.4 Å². The summed E-state index contributed by atoms with van der Waals surface area (Å²) in [6.07, 6.45) is 0. The fourth-order valence-corrected chi connectivity index (χ4v) is 1.15. The van der Waals surface area contributed by atoms with Gasteiger partial charge in [-0.25, -0.2) is 4.79 Å². The molecule has 0 saturated heterocycles. The Hall–Kier alpha value is -1.17. The van der Waals surface area contributed by atoms with E-state index < -0.39 is 5.97 Å². The third-order valence-corrected chi connectivity index (χ3v) is 1.63. The minimum atomic E-state index is -0.497.